The molecule has 0 radical (unpaired) electrons. The highest BCUT2D eigenvalue weighted by molar-refractivity contribution is 5.99. The molecule has 76 heavy (non-hydrogen) atoms. The van der Waals surface area contributed by atoms with Crippen LogP contribution in [0.15, 0.2) is 35.3 Å². The highest BCUT2D eigenvalue weighted by Gasteiger charge is 2.45. The van der Waals surface area contributed by atoms with E-state index in [0.29, 0.717) is 24.8 Å². The van der Waals surface area contributed by atoms with E-state index in [1.165, 1.54) is 23.6 Å². The van der Waals surface area contributed by atoms with E-state index in [9.17, 15) is 73.5 Å². The van der Waals surface area contributed by atoms with E-state index in [2.05, 4.69) is 42.2 Å². The normalized spacial score (nSPS) is 19.2. The molecule has 2 heterocycles. The Morgan fingerprint density at radius 3 is 1.75 bits per heavy atom. The maximum Gasteiger partial charge on any atom is 0.328 e. The SMILES string of the molecule is CC(C)C[C@H](NC(=O)[C@H](C)NC(=O)[C@@H](NC(=O)[C@H](CO)NC(=O)[C@@H]1CCCN1C(=O)[C@@H]1CCCN1C(=O)[C@@H](NC(=O)[C@H](Cc1ccccc1)NC(=O)[C@@H](N)CCCN=C(N)N)[C@@H](C)O)[C@@H](C)O)C(=O)N[C@@H](CO)C(=O)O. The fourth-order valence-corrected chi connectivity index (χ4v) is 8.54. The Labute approximate surface area is 440 Å². The van der Waals surface area contributed by atoms with Gasteiger partial charge in [0.25, 0.3) is 0 Å². The molecule has 424 valence electrons. The Morgan fingerprint density at radius 1 is 0.645 bits per heavy atom. The molecule has 1 aromatic rings. The number of nitrogens with one attached hydrogen (secondary N) is 7. The van der Waals surface area contributed by atoms with Gasteiger partial charge in [-0.3, -0.25) is 48.1 Å². The van der Waals surface area contributed by atoms with Crippen molar-refractivity contribution in [2.75, 3.05) is 32.8 Å². The van der Waals surface area contributed by atoms with Gasteiger partial charge in [0.15, 0.2) is 5.96 Å². The number of aliphatic carboxylic acids is 1. The van der Waals surface area contributed by atoms with E-state index in [4.69, 9.17) is 17.2 Å². The minimum Gasteiger partial charge on any atom is -0.480 e. The lowest BCUT2D eigenvalue weighted by molar-refractivity contribution is -0.149. The number of aliphatic hydroxyl groups is 4. The predicted octanol–water partition coefficient (Wildman–Crippen LogP) is -6.12. The van der Waals surface area contributed by atoms with Crippen molar-refractivity contribution in [3.8, 4) is 0 Å². The molecule has 28 heteroatoms. The first kappa shape index (κ1) is 63.3. The number of hydrogen-bond donors (Lipinski definition) is 15. The Balaban J connectivity index is 1.70. The molecule has 12 atom stereocenters. The summed E-state index contributed by atoms with van der Waals surface area (Å²) < 4.78 is 0. The fraction of sp³-hybridized carbons (Fsp3) is 0.646. The molecule has 0 saturated carbocycles. The first-order valence-electron chi connectivity index (χ1n) is 25.2. The number of amides is 9. The summed E-state index contributed by atoms with van der Waals surface area (Å²) in [6.07, 6.45) is -1.62. The molecule has 0 bridgehead atoms. The molecule has 1 aromatic carbocycles. The second-order valence-corrected chi connectivity index (χ2v) is 19.4. The lowest BCUT2D eigenvalue weighted by atomic mass is 10.0. The number of nitrogens with two attached hydrogens (primary N) is 3. The average Bonchev–Trinajstić information content (AvgIpc) is 4.07. The highest BCUT2D eigenvalue weighted by Crippen LogP contribution is 2.26. The Bertz CT molecular complexity index is 2210. The maximum atomic E-state index is 14.3. The molecule has 2 aliphatic rings. The van der Waals surface area contributed by atoms with E-state index >= 15 is 0 Å². The van der Waals surface area contributed by atoms with Gasteiger partial charge in [0, 0.05) is 26.1 Å². The third kappa shape index (κ3) is 19.0. The van der Waals surface area contributed by atoms with E-state index < -0.39 is 145 Å². The van der Waals surface area contributed by atoms with Crippen LogP contribution in [0.3, 0.4) is 0 Å². The molecular weight excluding hydrogens is 999 g/mol. The molecule has 2 fully saturated rings. The van der Waals surface area contributed by atoms with Crippen LogP contribution < -0.4 is 54.4 Å². The smallest absolute Gasteiger partial charge is 0.328 e. The van der Waals surface area contributed by atoms with Crippen LogP contribution in [0, 0.1) is 5.92 Å². The van der Waals surface area contributed by atoms with Crippen molar-refractivity contribution >= 4 is 65.1 Å². The highest BCUT2D eigenvalue weighted by atomic mass is 16.4. The number of rotatable bonds is 29. The largest absolute Gasteiger partial charge is 0.480 e. The molecule has 18 N–H and O–H groups in total. The Hall–Kier alpha value is -7.01. The predicted molar refractivity (Wildman–Crippen MR) is 271 cm³/mol. The van der Waals surface area contributed by atoms with E-state index in [-0.39, 0.29) is 63.6 Å². The van der Waals surface area contributed by atoms with Crippen LogP contribution in [-0.4, -0.2) is 206 Å². The van der Waals surface area contributed by atoms with E-state index in [1.54, 1.807) is 44.2 Å². The Kier molecular flexibility index (Phi) is 25.4. The molecule has 3 rings (SSSR count). The molecule has 2 saturated heterocycles. The van der Waals surface area contributed by atoms with Crippen molar-refractivity contribution in [3.05, 3.63) is 35.9 Å². The molecule has 9 amide bonds. The second-order valence-electron chi connectivity index (χ2n) is 19.4. The van der Waals surface area contributed by atoms with Crippen LogP contribution in [0.5, 0.6) is 0 Å². The van der Waals surface area contributed by atoms with Crippen LogP contribution in [0.4, 0.5) is 0 Å². The number of likely N-dealkylation sites (tertiary alicyclic amines) is 2. The summed E-state index contributed by atoms with van der Waals surface area (Å²) in [4.78, 5) is 140. The molecule has 2 aliphatic heterocycles. The quantitative estimate of drug-likeness (QED) is 0.0202. The van der Waals surface area contributed by atoms with Gasteiger partial charge in [-0.1, -0.05) is 44.2 Å². The first-order chi connectivity index (χ1) is 35.8. The van der Waals surface area contributed by atoms with Crippen molar-refractivity contribution in [2.45, 2.75) is 159 Å². The van der Waals surface area contributed by atoms with Crippen molar-refractivity contribution < 1.29 is 73.5 Å². The third-order valence-electron chi connectivity index (χ3n) is 12.7. The van der Waals surface area contributed by atoms with Gasteiger partial charge in [-0.25, -0.2) is 4.79 Å². The maximum absolute atomic E-state index is 14.3. The van der Waals surface area contributed by atoms with Gasteiger partial charge >= 0.3 is 5.97 Å². The van der Waals surface area contributed by atoms with Gasteiger partial charge in [-0.2, -0.15) is 0 Å². The topological polar surface area (TPSA) is 453 Å². The summed E-state index contributed by atoms with van der Waals surface area (Å²) >= 11 is 0. The number of carboxylic acids is 1. The lowest BCUT2D eigenvalue weighted by Gasteiger charge is -2.34. The van der Waals surface area contributed by atoms with E-state index in [1.807, 2.05) is 0 Å². The van der Waals surface area contributed by atoms with Crippen molar-refractivity contribution in [3.63, 3.8) is 0 Å². The molecule has 0 aromatic heterocycles. The summed E-state index contributed by atoms with van der Waals surface area (Å²) in [5, 5.41) is 66.9. The lowest BCUT2D eigenvalue weighted by Crippen LogP contribution is -2.62. The van der Waals surface area contributed by atoms with Crippen LogP contribution in [0.1, 0.15) is 85.1 Å². The summed E-state index contributed by atoms with van der Waals surface area (Å²) in [6.45, 7) is 5.49. The zero-order chi connectivity index (χ0) is 57.0. The minimum atomic E-state index is -1.76. The van der Waals surface area contributed by atoms with Crippen molar-refractivity contribution in [2.24, 2.45) is 28.1 Å². The molecule has 28 nitrogen and oxygen atoms in total. The zero-order valence-electron chi connectivity index (χ0n) is 43.5. The molecule has 0 unspecified atom stereocenters. The number of benzene rings is 1. The number of carboxylic acid groups (broad SMARTS) is 1. The summed E-state index contributed by atoms with van der Waals surface area (Å²) in [5.41, 5.74) is 17.5. The zero-order valence-corrected chi connectivity index (χ0v) is 43.5. The van der Waals surface area contributed by atoms with Crippen molar-refractivity contribution in [1.29, 1.82) is 0 Å². The molecule has 0 spiro atoms. The number of hydrogen-bond acceptors (Lipinski definition) is 16. The summed E-state index contributed by atoms with van der Waals surface area (Å²) in [6, 6.07) is -5.38. The van der Waals surface area contributed by atoms with Gasteiger partial charge in [0.2, 0.25) is 53.2 Å². The van der Waals surface area contributed by atoms with Gasteiger partial charge in [-0.15, -0.1) is 0 Å². The minimum absolute atomic E-state index is 0.0184. The van der Waals surface area contributed by atoms with Crippen molar-refractivity contribution in [1.82, 2.24) is 47.0 Å². The standard InChI is InChI=1S/C48H77N13O15/c1-24(2)20-30(40(68)57-33(23-63)47(75)76)54-38(66)25(3)53-44(72)36(26(4)64)58-42(70)32(22-62)56-43(71)34-15-10-18-60(34)45(73)35-16-11-19-61(35)46(74)37(27(5)65)59-41(69)31(21-28-12-7-6-8-13-28)55-39(67)29(49)14-9-17-52-48(50)51/h6-8,12-13,24-27,29-37,62-65H,9-11,14-23,49H2,1-5H3,(H,53,72)(H,54,66)(H,55,67)(H,56,71)(H,57,68)(H,58,70)(H,59,69)(H,75,76)(H4,50,51,52)/t25-,26+,27+,29-,30-,31-,32-,33-,34-,35-,36-,37-/m0/s1. The van der Waals surface area contributed by atoms with Crippen LogP contribution in [0.2, 0.25) is 0 Å². The van der Waals surface area contributed by atoms with E-state index in [0.717, 1.165) is 6.92 Å². The van der Waals surface area contributed by atoms with Gasteiger partial charge in [0.1, 0.15) is 54.4 Å². The van der Waals surface area contributed by atoms with Crippen LogP contribution in [-0.2, 0) is 54.4 Å². The van der Waals surface area contributed by atoms with Crippen LogP contribution >= 0.6 is 0 Å². The number of guanidine groups is 1. The third-order valence-corrected chi connectivity index (χ3v) is 12.7. The van der Waals surface area contributed by atoms with Gasteiger partial charge < -0.3 is 89.8 Å². The molecular formula is C48H77N13O15. The number of carbonyl (C=O) groups is 10. The summed E-state index contributed by atoms with van der Waals surface area (Å²) in [7, 11) is 0. The molecule has 0 aliphatic carbocycles. The summed E-state index contributed by atoms with van der Waals surface area (Å²) in [5.74, 6) is -9.67. The van der Waals surface area contributed by atoms with Gasteiger partial charge in [0.05, 0.1) is 31.5 Å². The fourth-order valence-electron chi connectivity index (χ4n) is 8.54. The number of aliphatic hydroxyl groups excluding tert-OH is 4. The Morgan fingerprint density at radius 2 is 1.18 bits per heavy atom. The first-order valence-corrected chi connectivity index (χ1v) is 25.2. The monoisotopic (exact) mass is 1080 g/mol. The number of aliphatic imine (C=N–C) groups is 1. The second kappa shape index (κ2) is 30.5. The van der Waals surface area contributed by atoms with Crippen LogP contribution in [0.25, 0.3) is 0 Å². The number of carbonyl (C=O) groups excluding carboxylic acids is 9. The van der Waals surface area contributed by atoms with Gasteiger partial charge in [-0.05, 0) is 77.2 Å². The number of nitrogens with zero attached hydrogens (tertiary/aromatic N) is 3. The average molecular weight is 1080 g/mol.